The van der Waals surface area contributed by atoms with Crippen LogP contribution in [0.25, 0.3) is 0 Å². The molecule has 22 heavy (non-hydrogen) atoms. The number of hydrogen-bond donors (Lipinski definition) is 2. The Balaban J connectivity index is 1.51. The molecule has 0 saturated heterocycles. The number of halogens is 1. The molecule has 1 aliphatic carbocycles. The predicted molar refractivity (Wildman–Crippen MR) is 86.8 cm³/mol. The topological polar surface area (TPSA) is 80.0 Å². The van der Waals surface area contributed by atoms with E-state index in [4.69, 9.17) is 4.52 Å². The third-order valence-electron chi connectivity index (χ3n) is 3.96. The Morgan fingerprint density at radius 1 is 1.45 bits per heavy atom. The number of amides is 2. The molecule has 1 saturated carbocycles. The van der Waals surface area contributed by atoms with E-state index in [0.717, 1.165) is 16.6 Å². The molecule has 3 rings (SSSR count). The van der Waals surface area contributed by atoms with Gasteiger partial charge in [0.05, 0.1) is 10.3 Å². The maximum atomic E-state index is 11.9. The Morgan fingerprint density at radius 3 is 2.82 bits per heavy atom. The van der Waals surface area contributed by atoms with E-state index in [0.29, 0.717) is 18.3 Å². The second-order valence-electron chi connectivity index (χ2n) is 5.51. The number of nitrogens with zero attached hydrogens (tertiary/aromatic N) is 2. The summed E-state index contributed by atoms with van der Waals surface area (Å²) in [6.07, 6.45) is 3.44. The highest BCUT2D eigenvalue weighted by atomic mass is 79.9. The summed E-state index contributed by atoms with van der Waals surface area (Å²) in [6, 6.07) is 4.00. The first-order valence-corrected chi connectivity index (χ1v) is 8.75. The molecular weight excluding hydrogens is 368 g/mol. The second kappa shape index (κ2) is 6.37. The third-order valence-corrected chi connectivity index (χ3v) is 5.83. The predicted octanol–water partition coefficient (Wildman–Crippen LogP) is 3.12. The van der Waals surface area contributed by atoms with Gasteiger partial charge in [0.25, 0.3) is 0 Å². The Kier molecular flexibility index (Phi) is 4.49. The number of rotatable bonds is 5. The van der Waals surface area contributed by atoms with Gasteiger partial charge < -0.3 is 15.2 Å². The summed E-state index contributed by atoms with van der Waals surface area (Å²) in [5.74, 6) is 0.974. The van der Waals surface area contributed by atoms with Crippen molar-refractivity contribution in [2.75, 3.05) is 6.54 Å². The van der Waals surface area contributed by atoms with Crippen molar-refractivity contribution in [3.05, 3.63) is 32.5 Å². The summed E-state index contributed by atoms with van der Waals surface area (Å²) < 4.78 is 6.09. The first-order chi connectivity index (χ1) is 10.6. The van der Waals surface area contributed by atoms with Crippen LogP contribution in [0.15, 0.2) is 20.4 Å². The lowest BCUT2D eigenvalue weighted by Crippen LogP contribution is -2.47. The molecule has 0 aliphatic heterocycles. The fraction of sp³-hybridized carbons (Fsp3) is 0.500. The van der Waals surface area contributed by atoms with Crippen LogP contribution in [0.2, 0.25) is 0 Å². The van der Waals surface area contributed by atoms with Gasteiger partial charge in [-0.15, -0.1) is 11.3 Å². The molecule has 2 heterocycles. The van der Waals surface area contributed by atoms with Crippen molar-refractivity contribution in [1.82, 2.24) is 20.8 Å². The van der Waals surface area contributed by atoms with E-state index in [9.17, 15) is 4.79 Å². The smallest absolute Gasteiger partial charge is 0.315 e. The Hall–Kier alpha value is -1.41. The van der Waals surface area contributed by atoms with Gasteiger partial charge >= 0.3 is 6.03 Å². The summed E-state index contributed by atoms with van der Waals surface area (Å²) >= 11 is 5.25. The first kappa shape index (κ1) is 15.5. The van der Waals surface area contributed by atoms with Crippen molar-refractivity contribution in [2.24, 2.45) is 0 Å². The van der Waals surface area contributed by atoms with Crippen LogP contribution in [0.4, 0.5) is 4.79 Å². The van der Waals surface area contributed by atoms with Crippen LogP contribution in [-0.4, -0.2) is 22.7 Å². The number of thiophene rings is 1. The Bertz CT molecular complexity index is 665. The van der Waals surface area contributed by atoms with Gasteiger partial charge in [0.1, 0.15) is 0 Å². The number of carbonyl (C=O) groups excluding carboxylic acids is 1. The molecule has 118 valence electrons. The quantitative estimate of drug-likeness (QED) is 0.829. The summed E-state index contributed by atoms with van der Waals surface area (Å²) in [4.78, 5) is 17.3. The highest BCUT2D eigenvalue weighted by Gasteiger charge is 2.40. The minimum Gasteiger partial charge on any atom is -0.337 e. The molecule has 1 aliphatic rings. The summed E-state index contributed by atoms with van der Waals surface area (Å²) in [5.41, 5.74) is 0.0924. The fourth-order valence-electron chi connectivity index (χ4n) is 2.59. The monoisotopic (exact) mass is 384 g/mol. The van der Waals surface area contributed by atoms with Crippen LogP contribution in [0, 0.1) is 6.92 Å². The van der Waals surface area contributed by atoms with E-state index in [1.54, 1.807) is 18.3 Å². The zero-order valence-electron chi connectivity index (χ0n) is 12.2. The molecule has 2 aromatic heterocycles. The van der Waals surface area contributed by atoms with Crippen molar-refractivity contribution in [2.45, 2.75) is 38.1 Å². The van der Waals surface area contributed by atoms with Gasteiger partial charge in [0.2, 0.25) is 5.89 Å². The van der Waals surface area contributed by atoms with Crippen LogP contribution in [0.3, 0.4) is 0 Å². The van der Waals surface area contributed by atoms with E-state index in [1.165, 1.54) is 11.3 Å². The summed E-state index contributed by atoms with van der Waals surface area (Å²) in [5, 5.41) is 9.38. The van der Waals surface area contributed by atoms with Gasteiger partial charge in [-0.3, -0.25) is 0 Å². The SMILES string of the molecule is Cc1noc(CNC(=O)NCC2(c3ccc(Br)s3)CCC2)n1. The van der Waals surface area contributed by atoms with Crippen molar-refractivity contribution in [3.8, 4) is 0 Å². The molecule has 2 amide bonds. The molecule has 2 N–H and O–H groups in total. The van der Waals surface area contributed by atoms with E-state index < -0.39 is 0 Å². The lowest BCUT2D eigenvalue weighted by molar-refractivity contribution is 0.216. The number of aryl methyl sites for hydroxylation is 1. The largest absolute Gasteiger partial charge is 0.337 e. The van der Waals surface area contributed by atoms with Gasteiger partial charge in [-0.1, -0.05) is 11.6 Å². The average molecular weight is 385 g/mol. The molecule has 8 heteroatoms. The summed E-state index contributed by atoms with van der Waals surface area (Å²) in [6.45, 7) is 2.63. The molecule has 0 aromatic carbocycles. The number of hydrogen-bond acceptors (Lipinski definition) is 5. The van der Waals surface area contributed by atoms with Gasteiger partial charge in [-0.2, -0.15) is 4.98 Å². The molecule has 2 aromatic rings. The number of nitrogens with one attached hydrogen (secondary N) is 2. The first-order valence-electron chi connectivity index (χ1n) is 7.14. The number of aromatic nitrogens is 2. The molecule has 0 atom stereocenters. The average Bonchev–Trinajstić information content (AvgIpc) is 3.04. The molecule has 0 radical (unpaired) electrons. The van der Waals surface area contributed by atoms with Crippen molar-refractivity contribution >= 4 is 33.3 Å². The summed E-state index contributed by atoms with van der Waals surface area (Å²) in [7, 11) is 0. The van der Waals surface area contributed by atoms with E-state index in [-0.39, 0.29) is 18.0 Å². The van der Waals surface area contributed by atoms with Crippen LogP contribution in [0.1, 0.15) is 35.9 Å². The van der Waals surface area contributed by atoms with Gasteiger partial charge in [0.15, 0.2) is 5.82 Å². The lowest BCUT2D eigenvalue weighted by Gasteiger charge is -2.41. The number of carbonyl (C=O) groups is 1. The maximum Gasteiger partial charge on any atom is 0.315 e. The molecule has 0 unspecified atom stereocenters. The number of urea groups is 1. The Labute approximate surface area is 140 Å². The minimum atomic E-state index is -0.210. The highest BCUT2D eigenvalue weighted by Crippen LogP contribution is 2.46. The van der Waals surface area contributed by atoms with E-state index in [1.807, 2.05) is 0 Å². The van der Waals surface area contributed by atoms with Gasteiger partial charge in [0, 0.05) is 16.8 Å². The normalized spacial score (nSPS) is 16.1. The van der Waals surface area contributed by atoms with Crippen LogP contribution in [-0.2, 0) is 12.0 Å². The Morgan fingerprint density at radius 2 is 2.27 bits per heavy atom. The van der Waals surface area contributed by atoms with Gasteiger partial charge in [-0.25, -0.2) is 4.79 Å². The maximum absolute atomic E-state index is 11.9. The van der Waals surface area contributed by atoms with Crippen molar-refractivity contribution < 1.29 is 9.32 Å². The standard InChI is InChI=1S/C14H17BrN4O2S/c1-9-18-12(21-19-9)7-16-13(20)17-8-14(5-2-6-14)10-3-4-11(15)22-10/h3-4H,2,5-8H2,1H3,(H2,16,17,20). The van der Waals surface area contributed by atoms with Crippen LogP contribution in [0.5, 0.6) is 0 Å². The van der Waals surface area contributed by atoms with Gasteiger partial charge in [-0.05, 0) is 47.8 Å². The molecular formula is C14H17BrN4O2S. The zero-order chi connectivity index (χ0) is 15.6. The fourth-order valence-corrected chi connectivity index (χ4v) is 4.22. The second-order valence-corrected chi connectivity index (χ2v) is 7.97. The highest BCUT2D eigenvalue weighted by molar-refractivity contribution is 9.11. The zero-order valence-corrected chi connectivity index (χ0v) is 14.6. The molecule has 0 bridgehead atoms. The molecule has 1 fully saturated rings. The van der Waals surface area contributed by atoms with Crippen molar-refractivity contribution in [3.63, 3.8) is 0 Å². The molecule has 6 nitrogen and oxygen atoms in total. The van der Waals surface area contributed by atoms with Crippen molar-refractivity contribution in [1.29, 1.82) is 0 Å². The third kappa shape index (κ3) is 3.33. The van der Waals surface area contributed by atoms with Crippen LogP contribution >= 0.6 is 27.3 Å². The van der Waals surface area contributed by atoms with E-state index >= 15 is 0 Å². The molecule has 0 spiro atoms. The van der Waals surface area contributed by atoms with Crippen LogP contribution < -0.4 is 10.6 Å². The minimum absolute atomic E-state index is 0.0924. The van der Waals surface area contributed by atoms with E-state index in [2.05, 4.69) is 48.8 Å². The lowest BCUT2D eigenvalue weighted by atomic mass is 9.68.